The number of likely N-dealkylation sites (tertiary alicyclic amines) is 1. The molecule has 1 fully saturated rings. The van der Waals surface area contributed by atoms with E-state index in [1.807, 2.05) is 23.1 Å². The molecule has 7 heteroatoms. The van der Waals surface area contributed by atoms with Gasteiger partial charge in [0.1, 0.15) is 6.10 Å². The van der Waals surface area contributed by atoms with Gasteiger partial charge >= 0.3 is 0 Å². The number of rotatable bonds is 4. The van der Waals surface area contributed by atoms with Crippen molar-refractivity contribution >= 4 is 12.0 Å². The molecule has 0 N–H and O–H groups in total. The first-order valence-electron chi connectivity index (χ1n) is 8.57. The number of amides is 1. The standard InChI is InChI=1S/C19H19N3O4/c23-19(4-2-14-1-3-16-17(11-14)25-13-24-16)22-9-5-15(6-10-22)26-18-12-20-7-8-21-18/h1-4,7-8,11-12,15H,5-6,9-10,13H2/b4-2+. The molecule has 4 rings (SSSR count). The molecule has 2 aromatic rings. The van der Waals surface area contributed by atoms with Crippen LogP contribution in [0.15, 0.2) is 42.9 Å². The maximum Gasteiger partial charge on any atom is 0.246 e. The van der Waals surface area contributed by atoms with Crippen LogP contribution >= 0.6 is 0 Å². The first kappa shape index (κ1) is 16.4. The van der Waals surface area contributed by atoms with Gasteiger partial charge in [0, 0.05) is 44.4 Å². The molecule has 0 bridgehead atoms. The highest BCUT2D eigenvalue weighted by molar-refractivity contribution is 5.92. The van der Waals surface area contributed by atoms with E-state index in [0.29, 0.717) is 24.7 Å². The second-order valence-electron chi connectivity index (χ2n) is 6.13. The molecule has 134 valence electrons. The molecule has 7 nitrogen and oxygen atoms in total. The smallest absolute Gasteiger partial charge is 0.246 e. The Morgan fingerprint density at radius 1 is 1.19 bits per heavy atom. The SMILES string of the molecule is O=C(/C=C/c1ccc2c(c1)OCO2)N1CCC(Oc2cnccn2)CC1. The summed E-state index contributed by atoms with van der Waals surface area (Å²) < 4.78 is 16.4. The van der Waals surface area contributed by atoms with Crippen LogP contribution in [0.1, 0.15) is 18.4 Å². The predicted octanol–water partition coefficient (Wildman–Crippen LogP) is 2.29. The number of benzene rings is 1. The number of carbonyl (C=O) groups is 1. The monoisotopic (exact) mass is 353 g/mol. The fourth-order valence-corrected chi connectivity index (χ4v) is 3.00. The van der Waals surface area contributed by atoms with E-state index < -0.39 is 0 Å². The third-order valence-corrected chi connectivity index (χ3v) is 4.40. The summed E-state index contributed by atoms with van der Waals surface area (Å²) in [4.78, 5) is 22.3. The highest BCUT2D eigenvalue weighted by Gasteiger charge is 2.23. The van der Waals surface area contributed by atoms with Gasteiger partial charge in [0.25, 0.3) is 0 Å². The van der Waals surface area contributed by atoms with Crippen molar-refractivity contribution in [3.8, 4) is 17.4 Å². The lowest BCUT2D eigenvalue weighted by Gasteiger charge is -2.31. The Labute approximate surface area is 151 Å². The van der Waals surface area contributed by atoms with E-state index in [2.05, 4.69) is 9.97 Å². The summed E-state index contributed by atoms with van der Waals surface area (Å²) in [7, 11) is 0. The Bertz CT molecular complexity index is 802. The Morgan fingerprint density at radius 3 is 2.85 bits per heavy atom. The minimum absolute atomic E-state index is 0.000574. The lowest BCUT2D eigenvalue weighted by Crippen LogP contribution is -2.41. The Balaban J connectivity index is 1.29. The molecule has 0 spiro atoms. The van der Waals surface area contributed by atoms with E-state index in [4.69, 9.17) is 14.2 Å². The fourth-order valence-electron chi connectivity index (χ4n) is 3.00. The maximum absolute atomic E-state index is 12.4. The molecule has 1 aromatic carbocycles. The molecule has 1 aromatic heterocycles. The van der Waals surface area contributed by atoms with E-state index in [-0.39, 0.29) is 18.8 Å². The molecule has 26 heavy (non-hydrogen) atoms. The zero-order valence-corrected chi connectivity index (χ0v) is 14.2. The summed E-state index contributed by atoms with van der Waals surface area (Å²) in [5, 5.41) is 0. The van der Waals surface area contributed by atoms with E-state index >= 15 is 0 Å². The van der Waals surface area contributed by atoms with Crippen LogP contribution in [0.2, 0.25) is 0 Å². The first-order chi connectivity index (χ1) is 12.8. The predicted molar refractivity (Wildman–Crippen MR) is 93.9 cm³/mol. The number of ether oxygens (including phenoxy) is 3. The Morgan fingerprint density at radius 2 is 2.04 bits per heavy atom. The maximum atomic E-state index is 12.4. The average Bonchev–Trinajstić information content (AvgIpc) is 3.15. The summed E-state index contributed by atoms with van der Waals surface area (Å²) in [5.41, 5.74) is 0.906. The molecular formula is C19H19N3O4. The number of hydrogen-bond acceptors (Lipinski definition) is 6. The minimum atomic E-state index is 0.000574. The average molecular weight is 353 g/mol. The summed E-state index contributed by atoms with van der Waals surface area (Å²) >= 11 is 0. The van der Waals surface area contributed by atoms with Crippen LogP contribution in [0, 0.1) is 0 Å². The van der Waals surface area contributed by atoms with Crippen LogP contribution in [0.4, 0.5) is 0 Å². The highest BCUT2D eigenvalue weighted by Crippen LogP contribution is 2.32. The number of nitrogens with zero attached hydrogens (tertiary/aromatic N) is 3. The molecule has 0 unspecified atom stereocenters. The summed E-state index contributed by atoms with van der Waals surface area (Å²) in [6.07, 6.45) is 9.84. The van der Waals surface area contributed by atoms with Crippen molar-refractivity contribution in [2.24, 2.45) is 0 Å². The van der Waals surface area contributed by atoms with Gasteiger partial charge < -0.3 is 19.1 Å². The molecular weight excluding hydrogens is 334 g/mol. The molecule has 2 aliphatic heterocycles. The molecule has 3 heterocycles. The molecule has 1 amide bonds. The van der Waals surface area contributed by atoms with Crippen molar-refractivity contribution in [1.29, 1.82) is 0 Å². The second-order valence-corrected chi connectivity index (χ2v) is 6.13. The topological polar surface area (TPSA) is 73.8 Å². The van der Waals surface area contributed by atoms with Gasteiger partial charge in [0.2, 0.25) is 18.6 Å². The third kappa shape index (κ3) is 3.77. The number of aromatic nitrogens is 2. The van der Waals surface area contributed by atoms with Gasteiger partial charge in [0.15, 0.2) is 11.5 Å². The number of hydrogen-bond donors (Lipinski definition) is 0. The normalized spacial score (nSPS) is 16.8. The van der Waals surface area contributed by atoms with Crippen molar-refractivity contribution in [3.63, 3.8) is 0 Å². The number of fused-ring (bicyclic) bond motifs is 1. The van der Waals surface area contributed by atoms with Crippen LogP contribution < -0.4 is 14.2 Å². The molecule has 0 saturated carbocycles. The van der Waals surface area contributed by atoms with Crippen molar-refractivity contribution in [2.75, 3.05) is 19.9 Å². The van der Waals surface area contributed by atoms with Crippen LogP contribution in [0.3, 0.4) is 0 Å². The molecule has 1 saturated heterocycles. The Hall–Kier alpha value is -3.09. The van der Waals surface area contributed by atoms with Gasteiger partial charge in [0.05, 0.1) is 6.20 Å². The van der Waals surface area contributed by atoms with E-state index in [1.54, 1.807) is 30.7 Å². The molecule has 0 atom stereocenters. The molecule has 0 aliphatic carbocycles. The van der Waals surface area contributed by atoms with E-state index in [0.717, 1.165) is 24.2 Å². The van der Waals surface area contributed by atoms with Gasteiger partial charge in [-0.15, -0.1) is 0 Å². The zero-order chi connectivity index (χ0) is 17.8. The van der Waals surface area contributed by atoms with Crippen molar-refractivity contribution in [3.05, 3.63) is 48.4 Å². The first-order valence-corrected chi connectivity index (χ1v) is 8.57. The zero-order valence-electron chi connectivity index (χ0n) is 14.2. The number of carbonyl (C=O) groups excluding carboxylic acids is 1. The van der Waals surface area contributed by atoms with Gasteiger partial charge in [-0.25, -0.2) is 4.98 Å². The van der Waals surface area contributed by atoms with Crippen molar-refractivity contribution in [1.82, 2.24) is 14.9 Å². The third-order valence-electron chi connectivity index (χ3n) is 4.40. The second kappa shape index (κ2) is 7.43. The summed E-state index contributed by atoms with van der Waals surface area (Å²) in [6, 6.07) is 5.62. The fraction of sp³-hybridized carbons (Fsp3) is 0.316. The van der Waals surface area contributed by atoms with Crippen LogP contribution in [0.25, 0.3) is 6.08 Å². The van der Waals surface area contributed by atoms with E-state index in [1.165, 1.54) is 0 Å². The number of piperidine rings is 1. The lowest BCUT2D eigenvalue weighted by atomic mass is 10.1. The summed E-state index contributed by atoms with van der Waals surface area (Å²) in [6.45, 7) is 1.57. The van der Waals surface area contributed by atoms with Crippen LogP contribution in [0.5, 0.6) is 17.4 Å². The van der Waals surface area contributed by atoms with E-state index in [9.17, 15) is 4.79 Å². The van der Waals surface area contributed by atoms with Gasteiger partial charge in [-0.2, -0.15) is 0 Å². The summed E-state index contributed by atoms with van der Waals surface area (Å²) in [5.74, 6) is 1.97. The highest BCUT2D eigenvalue weighted by atomic mass is 16.7. The molecule has 0 radical (unpaired) electrons. The van der Waals surface area contributed by atoms with Gasteiger partial charge in [-0.05, 0) is 23.8 Å². The van der Waals surface area contributed by atoms with Gasteiger partial charge in [-0.1, -0.05) is 6.07 Å². The van der Waals surface area contributed by atoms with Crippen LogP contribution in [-0.4, -0.2) is 46.8 Å². The molecule has 2 aliphatic rings. The Kier molecular flexibility index (Phi) is 4.68. The largest absolute Gasteiger partial charge is 0.473 e. The lowest BCUT2D eigenvalue weighted by molar-refractivity contribution is -0.127. The minimum Gasteiger partial charge on any atom is -0.473 e. The van der Waals surface area contributed by atoms with Gasteiger partial charge in [-0.3, -0.25) is 9.78 Å². The van der Waals surface area contributed by atoms with Crippen LogP contribution in [-0.2, 0) is 4.79 Å². The van der Waals surface area contributed by atoms with Crippen molar-refractivity contribution < 1.29 is 19.0 Å². The van der Waals surface area contributed by atoms with Crippen molar-refractivity contribution in [2.45, 2.75) is 18.9 Å². The quantitative estimate of drug-likeness (QED) is 0.785.